The summed E-state index contributed by atoms with van der Waals surface area (Å²) in [6.07, 6.45) is 1.62. The number of ether oxygens (including phenoxy) is 2. The maximum absolute atomic E-state index is 12.1. The van der Waals surface area contributed by atoms with Gasteiger partial charge in [0.1, 0.15) is 11.9 Å². The Morgan fingerprint density at radius 3 is 2.56 bits per heavy atom. The predicted octanol–water partition coefficient (Wildman–Crippen LogP) is 3.37. The van der Waals surface area contributed by atoms with Gasteiger partial charge in [0.25, 0.3) is 0 Å². The SMILES string of the molecule is CCC1CN(c2ccc(N3CCN(CCCOc4ccc5c(c4)B(C)OC5)CC3)cc2)C(=O)O1. The first-order valence-corrected chi connectivity index (χ1v) is 12.5. The van der Waals surface area contributed by atoms with Crippen LogP contribution in [0, 0.1) is 0 Å². The van der Waals surface area contributed by atoms with Crippen LogP contribution in [0.3, 0.4) is 0 Å². The van der Waals surface area contributed by atoms with Gasteiger partial charge in [0.2, 0.25) is 0 Å². The minimum Gasteiger partial charge on any atom is -0.494 e. The van der Waals surface area contributed by atoms with Crippen molar-refractivity contribution in [1.29, 1.82) is 0 Å². The molecule has 1 unspecified atom stereocenters. The first-order chi connectivity index (χ1) is 16.6. The lowest BCUT2D eigenvalue weighted by Gasteiger charge is -2.36. The molecule has 0 radical (unpaired) electrons. The molecular weight excluding hydrogens is 429 g/mol. The summed E-state index contributed by atoms with van der Waals surface area (Å²) in [5, 5.41) is 0. The molecule has 2 aromatic rings. The van der Waals surface area contributed by atoms with Crippen molar-refractivity contribution >= 4 is 29.8 Å². The summed E-state index contributed by atoms with van der Waals surface area (Å²) in [4.78, 5) is 18.7. The van der Waals surface area contributed by atoms with Crippen LogP contribution in [-0.2, 0) is 16.0 Å². The predicted molar refractivity (Wildman–Crippen MR) is 136 cm³/mol. The van der Waals surface area contributed by atoms with Gasteiger partial charge in [-0.15, -0.1) is 0 Å². The second kappa shape index (κ2) is 10.3. The molecule has 2 fully saturated rings. The highest BCUT2D eigenvalue weighted by molar-refractivity contribution is 6.67. The molecule has 0 spiro atoms. The highest BCUT2D eigenvalue weighted by Crippen LogP contribution is 2.26. The number of anilines is 2. The molecular formula is C26H34BN3O4. The maximum Gasteiger partial charge on any atom is 0.414 e. The lowest BCUT2D eigenvalue weighted by molar-refractivity contribution is 0.139. The molecule has 0 aromatic heterocycles. The van der Waals surface area contributed by atoms with Crippen molar-refractivity contribution in [2.45, 2.75) is 39.3 Å². The van der Waals surface area contributed by atoms with Crippen molar-refractivity contribution in [2.75, 3.05) is 55.7 Å². The number of amides is 1. The zero-order valence-corrected chi connectivity index (χ0v) is 20.2. The van der Waals surface area contributed by atoms with E-state index >= 15 is 0 Å². The lowest BCUT2D eigenvalue weighted by Crippen LogP contribution is -2.46. The second-order valence-corrected chi connectivity index (χ2v) is 9.39. The topological polar surface area (TPSA) is 54.5 Å². The number of hydrogen-bond acceptors (Lipinski definition) is 6. The third kappa shape index (κ3) is 5.03. The summed E-state index contributed by atoms with van der Waals surface area (Å²) in [5.41, 5.74) is 4.65. The average Bonchev–Trinajstić information content (AvgIpc) is 3.44. The van der Waals surface area contributed by atoms with Crippen molar-refractivity contribution in [1.82, 2.24) is 4.90 Å². The Bertz CT molecular complexity index is 994. The van der Waals surface area contributed by atoms with Gasteiger partial charge in [-0.2, -0.15) is 0 Å². The molecule has 3 heterocycles. The summed E-state index contributed by atoms with van der Waals surface area (Å²) < 4.78 is 17.1. The molecule has 1 atom stereocenters. The van der Waals surface area contributed by atoms with E-state index in [0.29, 0.717) is 13.2 Å². The highest BCUT2D eigenvalue weighted by Gasteiger charge is 2.31. The van der Waals surface area contributed by atoms with Crippen LogP contribution in [0.1, 0.15) is 25.3 Å². The number of fused-ring (bicyclic) bond motifs is 1. The largest absolute Gasteiger partial charge is 0.494 e. The molecule has 1 amide bonds. The van der Waals surface area contributed by atoms with Crippen LogP contribution < -0.4 is 20.0 Å². The summed E-state index contributed by atoms with van der Waals surface area (Å²) >= 11 is 0. The summed E-state index contributed by atoms with van der Waals surface area (Å²) in [6, 6.07) is 14.6. The minimum atomic E-state index is -0.239. The fraction of sp³-hybridized carbons (Fsp3) is 0.500. The molecule has 5 rings (SSSR count). The summed E-state index contributed by atoms with van der Waals surface area (Å²) in [5.74, 6) is 0.941. The van der Waals surface area contributed by atoms with E-state index < -0.39 is 0 Å². The number of carbonyl (C=O) groups is 1. The van der Waals surface area contributed by atoms with Crippen LogP contribution in [0.2, 0.25) is 6.82 Å². The zero-order valence-electron chi connectivity index (χ0n) is 20.2. The number of cyclic esters (lactones) is 1. The fourth-order valence-electron chi connectivity index (χ4n) is 4.97. The fourth-order valence-corrected chi connectivity index (χ4v) is 4.97. The van der Waals surface area contributed by atoms with Gasteiger partial charge in [0.05, 0.1) is 19.8 Å². The van der Waals surface area contributed by atoms with E-state index in [9.17, 15) is 4.79 Å². The van der Waals surface area contributed by atoms with Gasteiger partial charge in [-0.25, -0.2) is 4.79 Å². The molecule has 8 heteroatoms. The van der Waals surface area contributed by atoms with Gasteiger partial charge >= 0.3 is 13.0 Å². The maximum atomic E-state index is 12.1. The van der Waals surface area contributed by atoms with Gasteiger partial charge in [-0.3, -0.25) is 9.80 Å². The zero-order chi connectivity index (χ0) is 23.5. The molecule has 3 aliphatic rings. The molecule has 0 N–H and O–H groups in total. The Balaban J connectivity index is 1.04. The van der Waals surface area contributed by atoms with E-state index in [1.807, 2.05) is 19.1 Å². The van der Waals surface area contributed by atoms with E-state index in [1.54, 1.807) is 4.90 Å². The van der Waals surface area contributed by atoms with Gasteiger partial charge in [-0.05, 0) is 60.3 Å². The summed E-state index contributed by atoms with van der Waals surface area (Å²) in [6.45, 7) is 11.5. The number of benzene rings is 2. The Hall–Kier alpha value is -2.71. The normalized spacial score (nSPS) is 20.6. The van der Waals surface area contributed by atoms with E-state index in [-0.39, 0.29) is 19.1 Å². The highest BCUT2D eigenvalue weighted by atomic mass is 16.6. The van der Waals surface area contributed by atoms with Crippen molar-refractivity contribution in [2.24, 2.45) is 0 Å². The smallest absolute Gasteiger partial charge is 0.414 e. The molecule has 0 bridgehead atoms. The first-order valence-electron chi connectivity index (χ1n) is 12.5. The Kier molecular flexibility index (Phi) is 6.97. The van der Waals surface area contributed by atoms with Crippen LogP contribution in [0.25, 0.3) is 0 Å². The number of piperazine rings is 1. The number of rotatable bonds is 8. The van der Waals surface area contributed by atoms with E-state index in [1.165, 1.54) is 16.7 Å². The van der Waals surface area contributed by atoms with Crippen LogP contribution >= 0.6 is 0 Å². The Labute approximate surface area is 202 Å². The van der Waals surface area contributed by atoms with Crippen molar-refractivity contribution in [3.05, 3.63) is 48.0 Å². The van der Waals surface area contributed by atoms with Crippen LogP contribution in [0.5, 0.6) is 5.75 Å². The van der Waals surface area contributed by atoms with E-state index in [0.717, 1.165) is 63.6 Å². The van der Waals surface area contributed by atoms with E-state index in [2.05, 4.69) is 47.0 Å². The van der Waals surface area contributed by atoms with Crippen LogP contribution in [-0.4, -0.2) is 69.9 Å². The number of nitrogens with zero attached hydrogens (tertiary/aromatic N) is 3. The summed E-state index contributed by atoms with van der Waals surface area (Å²) in [7, 11) is 0. The first kappa shape index (κ1) is 23.1. The van der Waals surface area contributed by atoms with Crippen LogP contribution in [0.4, 0.5) is 16.2 Å². The molecule has 7 nitrogen and oxygen atoms in total. The molecule has 180 valence electrons. The minimum absolute atomic E-state index is 0.00245. The monoisotopic (exact) mass is 463 g/mol. The second-order valence-electron chi connectivity index (χ2n) is 9.39. The van der Waals surface area contributed by atoms with Gasteiger partial charge in [0, 0.05) is 44.1 Å². The molecule has 3 aliphatic heterocycles. The van der Waals surface area contributed by atoms with Gasteiger partial charge in [-0.1, -0.05) is 19.8 Å². The Morgan fingerprint density at radius 1 is 1.06 bits per heavy atom. The van der Waals surface area contributed by atoms with Crippen molar-refractivity contribution in [3.8, 4) is 5.75 Å². The molecule has 0 aliphatic carbocycles. The number of hydrogen-bond donors (Lipinski definition) is 0. The van der Waals surface area contributed by atoms with Gasteiger partial charge in [0.15, 0.2) is 0 Å². The third-order valence-electron chi connectivity index (χ3n) is 7.16. The molecule has 2 saturated heterocycles. The molecule has 34 heavy (non-hydrogen) atoms. The van der Waals surface area contributed by atoms with Gasteiger partial charge < -0.3 is 19.0 Å². The molecule has 0 saturated carbocycles. The average molecular weight is 463 g/mol. The molecule has 2 aromatic carbocycles. The number of carbonyl (C=O) groups excluding carboxylic acids is 1. The Morgan fingerprint density at radius 2 is 1.82 bits per heavy atom. The third-order valence-corrected chi connectivity index (χ3v) is 7.16. The van der Waals surface area contributed by atoms with Crippen LogP contribution in [0.15, 0.2) is 42.5 Å². The standard InChI is InChI=1S/C26H34BN3O4/c1-3-23-18-30(26(31)34-23)22-8-6-21(7-9-22)29-14-12-28(13-15-29)11-4-16-32-24-10-5-20-19-33-27(2)25(20)17-24/h5-10,17,23H,3-4,11-16,18-19H2,1-2H3. The van der Waals surface area contributed by atoms with E-state index in [4.69, 9.17) is 14.1 Å². The van der Waals surface area contributed by atoms with Crippen molar-refractivity contribution < 1.29 is 18.9 Å². The lowest BCUT2D eigenvalue weighted by atomic mass is 9.64. The quantitative estimate of drug-likeness (QED) is 0.442. The van der Waals surface area contributed by atoms with Crippen molar-refractivity contribution in [3.63, 3.8) is 0 Å².